The number of methoxy groups -OCH3 is 2. The Morgan fingerprint density at radius 2 is 1.62 bits per heavy atom. The highest BCUT2D eigenvalue weighted by Crippen LogP contribution is 2.35. The van der Waals surface area contributed by atoms with Gasteiger partial charge in [0.2, 0.25) is 0 Å². The number of hydrogen-bond acceptors (Lipinski definition) is 8. The zero-order chi connectivity index (χ0) is 17.9. The van der Waals surface area contributed by atoms with Crippen molar-refractivity contribution in [1.29, 1.82) is 0 Å². The fourth-order valence-corrected chi connectivity index (χ4v) is 1.83. The second-order valence-corrected chi connectivity index (χ2v) is 4.41. The fourth-order valence-electron chi connectivity index (χ4n) is 1.83. The fraction of sp³-hybridized carbons (Fsp3) is 0.333. The first-order valence-electron chi connectivity index (χ1n) is 6.29. The van der Waals surface area contributed by atoms with E-state index in [0.29, 0.717) is 0 Å². The minimum atomic E-state index is -4.77. The van der Waals surface area contributed by atoms with Crippen LogP contribution in [0.2, 0.25) is 0 Å². The molecule has 128 valence electrons. The summed E-state index contributed by atoms with van der Waals surface area (Å²) in [5.41, 5.74) is -0.211. The first-order valence-corrected chi connectivity index (χ1v) is 6.29. The van der Waals surface area contributed by atoms with Crippen LogP contribution in [0.4, 0.5) is 18.9 Å². The van der Waals surface area contributed by atoms with Gasteiger partial charge in [-0.3, -0.25) is 10.1 Å². The van der Waals surface area contributed by atoms with Crippen LogP contribution in [0.3, 0.4) is 0 Å². The van der Waals surface area contributed by atoms with Gasteiger partial charge in [-0.1, -0.05) is 0 Å². The Hall–Kier alpha value is -3.05. The van der Waals surface area contributed by atoms with E-state index in [0.717, 1.165) is 6.07 Å². The standard InChI is InChI=1S/C12H10F3N5O4/c1-23-8-3-6(7(20(21)22)5-9(8)24-2)4-10-16-18-11(19-17-10)12(13,14)15/h3,5H,4H2,1-2H3. The summed E-state index contributed by atoms with van der Waals surface area (Å²) in [6, 6.07) is 2.46. The molecule has 2 rings (SSSR count). The molecule has 0 unspecified atom stereocenters. The first kappa shape index (κ1) is 17.3. The Labute approximate surface area is 132 Å². The van der Waals surface area contributed by atoms with Crippen molar-refractivity contribution in [3.63, 3.8) is 0 Å². The van der Waals surface area contributed by atoms with Gasteiger partial charge in [0.05, 0.1) is 25.2 Å². The van der Waals surface area contributed by atoms with Gasteiger partial charge in [-0.05, 0) is 6.07 Å². The molecule has 0 bridgehead atoms. The molecule has 0 spiro atoms. The van der Waals surface area contributed by atoms with Gasteiger partial charge in [0.15, 0.2) is 17.3 Å². The molecule has 0 atom stereocenters. The van der Waals surface area contributed by atoms with E-state index in [4.69, 9.17) is 9.47 Å². The average Bonchev–Trinajstić information content (AvgIpc) is 2.53. The Morgan fingerprint density at radius 3 is 2.08 bits per heavy atom. The lowest BCUT2D eigenvalue weighted by Gasteiger charge is -2.10. The van der Waals surface area contributed by atoms with Crippen molar-refractivity contribution in [3.05, 3.63) is 39.5 Å². The predicted molar refractivity (Wildman–Crippen MR) is 71.6 cm³/mol. The molecule has 0 saturated heterocycles. The molecule has 1 aromatic carbocycles. The predicted octanol–water partition coefficient (Wildman–Crippen LogP) is 1.80. The molecule has 1 heterocycles. The molecule has 9 nitrogen and oxygen atoms in total. The summed E-state index contributed by atoms with van der Waals surface area (Å²) in [5, 5.41) is 23.6. The van der Waals surface area contributed by atoms with Crippen LogP contribution >= 0.6 is 0 Å². The smallest absolute Gasteiger partial charge is 0.455 e. The van der Waals surface area contributed by atoms with Crippen molar-refractivity contribution >= 4 is 5.69 Å². The van der Waals surface area contributed by atoms with E-state index in [-0.39, 0.29) is 35.0 Å². The van der Waals surface area contributed by atoms with Gasteiger partial charge in [0.25, 0.3) is 11.5 Å². The number of nitro benzene ring substituents is 1. The third kappa shape index (κ3) is 3.64. The maximum atomic E-state index is 12.4. The molecule has 0 saturated carbocycles. The van der Waals surface area contributed by atoms with Gasteiger partial charge in [-0.15, -0.1) is 20.4 Å². The Balaban J connectivity index is 2.39. The van der Waals surface area contributed by atoms with E-state index in [9.17, 15) is 23.3 Å². The summed E-state index contributed by atoms with van der Waals surface area (Å²) in [7, 11) is 2.65. The van der Waals surface area contributed by atoms with Crippen molar-refractivity contribution in [2.75, 3.05) is 14.2 Å². The number of halogens is 3. The third-order valence-corrected chi connectivity index (χ3v) is 2.90. The SMILES string of the molecule is COc1cc(Cc2nnc(C(F)(F)F)nn2)c([N+](=O)[O-])cc1OC. The molecule has 24 heavy (non-hydrogen) atoms. The Kier molecular flexibility index (Phi) is 4.76. The summed E-state index contributed by atoms with van der Waals surface area (Å²) < 4.78 is 47.1. The molecule has 0 aliphatic heterocycles. The van der Waals surface area contributed by atoms with Crippen molar-refractivity contribution in [1.82, 2.24) is 20.4 Å². The second kappa shape index (κ2) is 6.60. The van der Waals surface area contributed by atoms with Crippen LogP contribution in [0.15, 0.2) is 12.1 Å². The number of ether oxygens (including phenoxy) is 2. The lowest BCUT2D eigenvalue weighted by atomic mass is 10.1. The highest BCUT2D eigenvalue weighted by Gasteiger charge is 2.36. The van der Waals surface area contributed by atoms with Crippen LogP contribution in [-0.4, -0.2) is 39.5 Å². The van der Waals surface area contributed by atoms with Crippen molar-refractivity contribution in [2.45, 2.75) is 12.6 Å². The number of rotatable bonds is 5. The molecular formula is C12H10F3N5O4. The molecule has 2 aromatic rings. The van der Waals surface area contributed by atoms with E-state index in [1.165, 1.54) is 20.3 Å². The van der Waals surface area contributed by atoms with Gasteiger partial charge in [-0.2, -0.15) is 13.2 Å². The zero-order valence-corrected chi connectivity index (χ0v) is 12.4. The number of nitro groups is 1. The number of hydrogen-bond donors (Lipinski definition) is 0. The zero-order valence-electron chi connectivity index (χ0n) is 12.4. The molecule has 0 radical (unpaired) electrons. The quantitative estimate of drug-likeness (QED) is 0.595. The summed E-state index contributed by atoms with van der Waals surface area (Å²) in [4.78, 5) is 10.5. The summed E-state index contributed by atoms with van der Waals surface area (Å²) in [5.74, 6) is -1.35. The van der Waals surface area contributed by atoms with E-state index >= 15 is 0 Å². The minimum absolute atomic E-state index is 0.112. The number of alkyl halides is 3. The van der Waals surface area contributed by atoms with Gasteiger partial charge in [-0.25, -0.2) is 0 Å². The van der Waals surface area contributed by atoms with Crippen LogP contribution in [0.5, 0.6) is 11.5 Å². The molecular weight excluding hydrogens is 335 g/mol. The maximum absolute atomic E-state index is 12.4. The number of aromatic nitrogens is 4. The number of nitrogens with zero attached hydrogens (tertiary/aromatic N) is 5. The van der Waals surface area contributed by atoms with Crippen LogP contribution < -0.4 is 9.47 Å². The minimum Gasteiger partial charge on any atom is -0.493 e. The van der Waals surface area contributed by atoms with Gasteiger partial charge in [0, 0.05) is 12.0 Å². The molecule has 0 aliphatic rings. The third-order valence-electron chi connectivity index (χ3n) is 2.90. The maximum Gasteiger partial charge on any atom is 0.455 e. The molecule has 12 heteroatoms. The van der Waals surface area contributed by atoms with Crippen molar-refractivity contribution in [3.8, 4) is 11.5 Å². The van der Waals surface area contributed by atoms with Gasteiger partial charge < -0.3 is 9.47 Å². The average molecular weight is 345 g/mol. The Morgan fingerprint density at radius 1 is 1.08 bits per heavy atom. The molecule has 0 fully saturated rings. The van der Waals surface area contributed by atoms with Crippen molar-refractivity contribution in [2.24, 2.45) is 0 Å². The topological polar surface area (TPSA) is 113 Å². The second-order valence-electron chi connectivity index (χ2n) is 4.41. The molecule has 0 amide bonds. The lowest BCUT2D eigenvalue weighted by Crippen LogP contribution is -2.15. The van der Waals surface area contributed by atoms with E-state index in [1.807, 2.05) is 0 Å². The van der Waals surface area contributed by atoms with Crippen LogP contribution in [0.1, 0.15) is 17.2 Å². The normalized spacial score (nSPS) is 11.2. The van der Waals surface area contributed by atoms with Crippen LogP contribution in [0, 0.1) is 10.1 Å². The van der Waals surface area contributed by atoms with Crippen molar-refractivity contribution < 1.29 is 27.6 Å². The molecule has 0 aliphatic carbocycles. The first-order chi connectivity index (χ1) is 11.3. The van der Waals surface area contributed by atoms with Crippen LogP contribution in [0.25, 0.3) is 0 Å². The number of benzene rings is 1. The Bertz CT molecular complexity index is 752. The van der Waals surface area contributed by atoms with Gasteiger partial charge in [0.1, 0.15) is 0 Å². The largest absolute Gasteiger partial charge is 0.493 e. The molecule has 0 N–H and O–H groups in total. The highest BCUT2D eigenvalue weighted by molar-refractivity contribution is 5.54. The van der Waals surface area contributed by atoms with Gasteiger partial charge >= 0.3 is 6.18 Å². The monoisotopic (exact) mass is 345 g/mol. The van der Waals surface area contributed by atoms with Crippen LogP contribution in [-0.2, 0) is 12.6 Å². The summed E-state index contributed by atoms with van der Waals surface area (Å²) in [6.45, 7) is 0. The summed E-state index contributed by atoms with van der Waals surface area (Å²) in [6.07, 6.45) is -5.03. The summed E-state index contributed by atoms with van der Waals surface area (Å²) >= 11 is 0. The van der Waals surface area contributed by atoms with E-state index < -0.39 is 16.9 Å². The lowest BCUT2D eigenvalue weighted by molar-refractivity contribution is -0.385. The van der Waals surface area contributed by atoms with E-state index in [1.54, 1.807) is 0 Å². The molecule has 1 aromatic heterocycles. The van der Waals surface area contributed by atoms with E-state index in [2.05, 4.69) is 20.4 Å². The highest BCUT2D eigenvalue weighted by atomic mass is 19.4.